The smallest absolute Gasteiger partial charge is 0.457 e. The first-order valence-electron chi connectivity index (χ1n) is 23.8. The molecule has 6 N–H and O–H groups in total. The zero-order chi connectivity index (χ0) is 45.5. The first-order chi connectivity index (χ1) is 30.0. The van der Waals surface area contributed by atoms with E-state index >= 15 is 0 Å². The van der Waals surface area contributed by atoms with E-state index in [-0.39, 0.29) is 13.0 Å². The van der Waals surface area contributed by atoms with Crippen LogP contribution in [0.4, 0.5) is 0 Å². The number of hydrogen-bond donors (Lipinski definition) is 6. The summed E-state index contributed by atoms with van der Waals surface area (Å²) in [7, 11) is -5.03. The molecule has 0 saturated heterocycles. The predicted octanol–water partition coefficient (Wildman–Crippen LogP) is 9.97. The van der Waals surface area contributed by atoms with Crippen LogP contribution in [0.5, 0.6) is 0 Å². The molecular formula is C49H85O12P. The van der Waals surface area contributed by atoms with Crippen LogP contribution in [-0.2, 0) is 27.9 Å². The number of esters is 1. The summed E-state index contributed by atoms with van der Waals surface area (Å²) in [4.78, 5) is 23.2. The van der Waals surface area contributed by atoms with Crippen molar-refractivity contribution in [2.75, 3.05) is 19.8 Å². The van der Waals surface area contributed by atoms with E-state index in [1.165, 1.54) is 25.7 Å². The largest absolute Gasteiger partial charge is 0.472 e. The van der Waals surface area contributed by atoms with E-state index in [4.69, 9.17) is 18.5 Å². The summed E-state index contributed by atoms with van der Waals surface area (Å²) < 4.78 is 34.2. The average Bonchev–Trinajstić information content (AvgIpc) is 3.26. The van der Waals surface area contributed by atoms with Crippen molar-refractivity contribution in [2.24, 2.45) is 0 Å². The van der Waals surface area contributed by atoms with Crippen molar-refractivity contribution in [1.29, 1.82) is 0 Å². The molecule has 1 fully saturated rings. The molecule has 62 heavy (non-hydrogen) atoms. The number of ether oxygens (including phenoxy) is 2. The van der Waals surface area contributed by atoms with Crippen LogP contribution in [0, 0.1) is 0 Å². The number of aliphatic hydroxyl groups excluding tert-OH is 5. The lowest BCUT2D eigenvalue weighted by Gasteiger charge is -2.41. The molecule has 1 aliphatic rings. The molecule has 0 aromatic carbocycles. The Labute approximate surface area is 374 Å². The van der Waals surface area contributed by atoms with E-state index in [1.807, 2.05) is 0 Å². The maximum atomic E-state index is 12.8. The molecule has 1 rings (SSSR count). The van der Waals surface area contributed by atoms with Crippen molar-refractivity contribution >= 4 is 13.8 Å². The van der Waals surface area contributed by atoms with Crippen LogP contribution >= 0.6 is 7.82 Å². The van der Waals surface area contributed by atoms with Gasteiger partial charge in [0.2, 0.25) is 0 Å². The van der Waals surface area contributed by atoms with Crippen molar-refractivity contribution in [3.63, 3.8) is 0 Å². The Morgan fingerprint density at radius 3 is 1.47 bits per heavy atom. The van der Waals surface area contributed by atoms with E-state index in [0.717, 1.165) is 116 Å². The standard InChI is InChI=1S/C49H85O12P/c1-3-5-7-9-11-13-15-17-18-19-20-21-22-23-24-25-26-27-28-30-32-34-36-38-43(50)60-42(40-58-39-37-35-33-31-29-16-14-12-10-8-6-4-2)41-59-62(56,57)61-49-47(54)45(52)44(51)46(53)48(49)55/h5,7,10-13,17-18,20-21,23-24,42,44-49,51-55H,3-4,6,8-9,14-16,19,22,25-41H2,1-2H3,(H,56,57)/b7-5-,12-10-,13-11-,18-17-,21-20-,24-23-. The van der Waals surface area contributed by atoms with Gasteiger partial charge < -0.3 is 39.9 Å². The molecule has 0 aromatic rings. The third kappa shape index (κ3) is 30.8. The zero-order valence-electron chi connectivity index (χ0n) is 38.1. The van der Waals surface area contributed by atoms with Crippen molar-refractivity contribution in [2.45, 2.75) is 211 Å². The maximum absolute atomic E-state index is 12.8. The molecule has 0 spiro atoms. The van der Waals surface area contributed by atoms with Crippen molar-refractivity contribution < 1.29 is 58.3 Å². The van der Waals surface area contributed by atoms with Crippen molar-refractivity contribution in [1.82, 2.24) is 0 Å². The number of carbonyl (C=O) groups excluding carboxylic acids is 1. The Kier molecular flexibility index (Phi) is 36.5. The van der Waals surface area contributed by atoms with Gasteiger partial charge in [-0.2, -0.15) is 0 Å². The maximum Gasteiger partial charge on any atom is 0.472 e. The van der Waals surface area contributed by atoms with Gasteiger partial charge in [0.05, 0.1) is 13.2 Å². The third-order valence-corrected chi connectivity index (χ3v) is 11.5. The molecule has 0 aliphatic heterocycles. The molecule has 1 saturated carbocycles. The van der Waals surface area contributed by atoms with E-state index in [9.17, 15) is 39.8 Å². The minimum Gasteiger partial charge on any atom is -0.457 e. The number of hydrogen-bond acceptors (Lipinski definition) is 11. The number of aliphatic hydroxyl groups is 5. The van der Waals surface area contributed by atoms with Gasteiger partial charge in [0.15, 0.2) is 0 Å². The van der Waals surface area contributed by atoms with E-state index < -0.39 is 63.1 Å². The monoisotopic (exact) mass is 897 g/mol. The molecule has 0 amide bonds. The molecule has 0 heterocycles. The number of phosphoric ester groups is 1. The fraction of sp³-hybridized carbons (Fsp3) is 0.735. The van der Waals surface area contributed by atoms with Crippen molar-refractivity contribution in [3.8, 4) is 0 Å². The Bertz CT molecular complexity index is 1300. The van der Waals surface area contributed by atoms with Crippen LogP contribution in [0.3, 0.4) is 0 Å². The van der Waals surface area contributed by atoms with E-state index in [2.05, 4.69) is 86.8 Å². The molecule has 6 unspecified atom stereocenters. The van der Waals surface area contributed by atoms with Gasteiger partial charge in [0.1, 0.15) is 42.7 Å². The highest BCUT2D eigenvalue weighted by Gasteiger charge is 2.51. The third-order valence-electron chi connectivity index (χ3n) is 10.6. The minimum absolute atomic E-state index is 0.0893. The minimum atomic E-state index is -5.03. The number of phosphoric acid groups is 1. The van der Waals surface area contributed by atoms with E-state index in [0.29, 0.717) is 13.0 Å². The second-order valence-corrected chi connectivity index (χ2v) is 17.6. The summed E-state index contributed by atoms with van der Waals surface area (Å²) in [5.74, 6) is -0.494. The summed E-state index contributed by atoms with van der Waals surface area (Å²) in [6.07, 6.45) is 38.2. The lowest BCUT2D eigenvalue weighted by molar-refractivity contribution is -0.220. The Balaban J connectivity index is 2.36. The topological polar surface area (TPSA) is 192 Å². The van der Waals surface area contributed by atoms with Crippen LogP contribution in [0.1, 0.15) is 168 Å². The molecule has 13 heteroatoms. The number of unbranched alkanes of at least 4 members (excludes halogenated alkanes) is 15. The zero-order valence-corrected chi connectivity index (χ0v) is 39.0. The quantitative estimate of drug-likeness (QED) is 0.0148. The van der Waals surface area contributed by atoms with Crippen LogP contribution < -0.4 is 0 Å². The van der Waals surface area contributed by atoms with Gasteiger partial charge in [-0.3, -0.25) is 13.8 Å². The molecule has 0 bridgehead atoms. The van der Waals surface area contributed by atoms with Gasteiger partial charge in [0, 0.05) is 13.0 Å². The number of rotatable bonds is 39. The fourth-order valence-electron chi connectivity index (χ4n) is 6.77. The van der Waals surface area contributed by atoms with Gasteiger partial charge in [-0.05, 0) is 77.0 Å². The molecule has 358 valence electrons. The molecule has 6 atom stereocenters. The summed E-state index contributed by atoms with van der Waals surface area (Å²) in [5.41, 5.74) is 0. The normalized spacial score (nSPS) is 22.6. The highest BCUT2D eigenvalue weighted by molar-refractivity contribution is 7.47. The second kappa shape index (κ2) is 39.2. The molecule has 1 aliphatic carbocycles. The highest BCUT2D eigenvalue weighted by atomic mass is 31.2. The molecule has 0 radical (unpaired) electrons. The second-order valence-electron chi connectivity index (χ2n) is 16.2. The van der Waals surface area contributed by atoms with Gasteiger partial charge >= 0.3 is 13.8 Å². The first kappa shape index (κ1) is 57.8. The first-order valence-corrected chi connectivity index (χ1v) is 25.3. The van der Waals surface area contributed by atoms with E-state index in [1.54, 1.807) is 0 Å². The Morgan fingerprint density at radius 1 is 0.532 bits per heavy atom. The summed E-state index contributed by atoms with van der Waals surface area (Å²) in [6, 6.07) is 0. The van der Waals surface area contributed by atoms with Crippen LogP contribution in [0.15, 0.2) is 72.9 Å². The summed E-state index contributed by atoms with van der Waals surface area (Å²) in [5, 5.41) is 50.2. The fourth-order valence-corrected chi connectivity index (χ4v) is 7.75. The van der Waals surface area contributed by atoms with Crippen LogP contribution in [0.2, 0.25) is 0 Å². The van der Waals surface area contributed by atoms with Gasteiger partial charge in [-0.15, -0.1) is 0 Å². The molecule has 0 aromatic heterocycles. The summed E-state index contributed by atoms with van der Waals surface area (Å²) >= 11 is 0. The Morgan fingerprint density at radius 2 is 0.952 bits per heavy atom. The average molecular weight is 897 g/mol. The van der Waals surface area contributed by atoms with Gasteiger partial charge in [-0.1, -0.05) is 157 Å². The lowest BCUT2D eigenvalue weighted by Crippen LogP contribution is -2.64. The number of allylic oxidation sites excluding steroid dienone is 12. The Hall–Kier alpha value is -2.22. The molecular weight excluding hydrogens is 812 g/mol. The molecule has 12 nitrogen and oxygen atoms in total. The SMILES string of the molecule is CC/C=C\C/C=C\C/C=C\C/C=C\C/C=C\CCCCCCCCCC(=O)OC(COCCCCCCCC/C=C\CCCC)COP(=O)(O)OC1C(O)C(O)C(O)C(O)C1O. The van der Waals surface area contributed by atoms with Crippen molar-refractivity contribution in [3.05, 3.63) is 72.9 Å². The predicted molar refractivity (Wildman–Crippen MR) is 248 cm³/mol. The lowest BCUT2D eigenvalue weighted by atomic mass is 9.85. The van der Waals surface area contributed by atoms with Gasteiger partial charge in [0.25, 0.3) is 0 Å². The van der Waals surface area contributed by atoms with Crippen LogP contribution in [-0.4, -0.2) is 98.9 Å². The van der Waals surface area contributed by atoms with Gasteiger partial charge in [-0.25, -0.2) is 4.57 Å². The number of carbonyl (C=O) groups is 1. The highest BCUT2D eigenvalue weighted by Crippen LogP contribution is 2.47. The summed E-state index contributed by atoms with van der Waals surface area (Å²) in [6.45, 7) is 4.07. The van der Waals surface area contributed by atoms with Crippen LogP contribution in [0.25, 0.3) is 0 Å².